The fraction of sp³-hybridized carbons (Fsp3) is 0.240. The van der Waals surface area contributed by atoms with Crippen molar-refractivity contribution in [2.24, 2.45) is 0 Å². The zero-order valence-corrected chi connectivity index (χ0v) is 21.0. The number of carbonyl (C=O) groups excluding carboxylic acids is 1. The quantitative estimate of drug-likeness (QED) is 0.400. The Morgan fingerprint density at radius 2 is 1.55 bits per heavy atom. The van der Waals surface area contributed by atoms with Crippen molar-refractivity contribution < 1.29 is 13.2 Å². The average Bonchev–Trinajstić information content (AvgIpc) is 2.77. The van der Waals surface area contributed by atoms with Gasteiger partial charge in [0.05, 0.1) is 24.5 Å². The van der Waals surface area contributed by atoms with Gasteiger partial charge in [-0.15, -0.1) is 0 Å². The Kier molecular flexibility index (Phi) is 8.05. The van der Waals surface area contributed by atoms with Gasteiger partial charge < -0.3 is 5.32 Å². The van der Waals surface area contributed by atoms with Crippen LogP contribution < -0.4 is 9.62 Å². The highest BCUT2D eigenvalue weighted by atomic mass is 35.5. The summed E-state index contributed by atoms with van der Waals surface area (Å²) in [6, 6.07) is 19.4. The summed E-state index contributed by atoms with van der Waals surface area (Å²) in [6.45, 7) is 4.01. The Morgan fingerprint density at radius 1 is 0.970 bits per heavy atom. The lowest BCUT2D eigenvalue weighted by atomic mass is 10.0. The lowest BCUT2D eigenvalue weighted by molar-refractivity contribution is 0.0935. The molecule has 1 unspecified atom stereocenters. The maximum absolute atomic E-state index is 12.8. The molecule has 0 saturated carbocycles. The summed E-state index contributed by atoms with van der Waals surface area (Å²) in [4.78, 5) is 12.8. The molecule has 0 aliphatic carbocycles. The maximum atomic E-state index is 12.8. The molecule has 3 rings (SSSR count). The fourth-order valence-electron chi connectivity index (χ4n) is 3.47. The topological polar surface area (TPSA) is 66.5 Å². The van der Waals surface area contributed by atoms with Crippen molar-refractivity contribution in [1.29, 1.82) is 0 Å². The Bertz CT molecular complexity index is 1210. The lowest BCUT2D eigenvalue weighted by Gasteiger charge is -2.24. The number of nitrogens with one attached hydrogen (secondary N) is 1. The summed E-state index contributed by atoms with van der Waals surface area (Å²) < 4.78 is 26.2. The number of halogens is 2. The minimum atomic E-state index is -3.63. The number of rotatable bonds is 8. The van der Waals surface area contributed by atoms with Crippen LogP contribution in [0.1, 0.15) is 46.4 Å². The Morgan fingerprint density at radius 3 is 2.06 bits per heavy atom. The Labute approximate surface area is 205 Å². The Balaban J connectivity index is 1.81. The number of hydrogen-bond acceptors (Lipinski definition) is 3. The maximum Gasteiger partial charge on any atom is 0.251 e. The number of sulfonamides is 1. The molecule has 33 heavy (non-hydrogen) atoms. The molecule has 0 aliphatic rings. The highest BCUT2D eigenvalue weighted by Crippen LogP contribution is 2.29. The second kappa shape index (κ2) is 10.6. The van der Waals surface area contributed by atoms with E-state index in [4.69, 9.17) is 23.2 Å². The number of hydrogen-bond donors (Lipinski definition) is 1. The number of aryl methyl sites for hydroxylation is 1. The summed E-state index contributed by atoms with van der Waals surface area (Å²) in [5.74, 6) is -0.228. The first-order chi connectivity index (χ1) is 15.6. The molecular weight excluding hydrogens is 479 g/mol. The van der Waals surface area contributed by atoms with Crippen molar-refractivity contribution in [3.05, 3.63) is 99.0 Å². The second-order valence-electron chi connectivity index (χ2n) is 7.86. The van der Waals surface area contributed by atoms with E-state index >= 15 is 0 Å². The predicted octanol–water partition coefficient (Wildman–Crippen LogP) is 6.15. The van der Waals surface area contributed by atoms with Gasteiger partial charge in [0.2, 0.25) is 10.0 Å². The molecule has 8 heteroatoms. The number of carbonyl (C=O) groups is 1. The zero-order chi connectivity index (χ0) is 24.2. The van der Waals surface area contributed by atoms with E-state index in [2.05, 4.69) is 5.32 Å². The van der Waals surface area contributed by atoms with Crippen LogP contribution in [-0.2, 0) is 16.6 Å². The summed E-state index contributed by atoms with van der Waals surface area (Å²) in [5, 5.41) is 3.81. The SMILES string of the molecule is CCC(NC(=O)c1ccc(N(Cc2c(Cl)cccc2Cl)S(C)(=O)=O)cc1)c1ccc(C)cc1. The molecule has 0 bridgehead atoms. The molecule has 0 aliphatic heterocycles. The van der Waals surface area contributed by atoms with Crippen LogP contribution in [0, 0.1) is 6.92 Å². The monoisotopic (exact) mass is 504 g/mol. The van der Waals surface area contributed by atoms with Gasteiger partial charge in [-0.2, -0.15) is 0 Å². The first-order valence-corrected chi connectivity index (χ1v) is 13.1. The van der Waals surface area contributed by atoms with E-state index in [1.807, 2.05) is 38.1 Å². The van der Waals surface area contributed by atoms with Crippen LogP contribution in [0.4, 0.5) is 5.69 Å². The first-order valence-electron chi connectivity index (χ1n) is 10.5. The van der Waals surface area contributed by atoms with E-state index in [9.17, 15) is 13.2 Å². The van der Waals surface area contributed by atoms with Crippen molar-refractivity contribution in [2.75, 3.05) is 10.6 Å². The van der Waals surface area contributed by atoms with Crippen LogP contribution >= 0.6 is 23.2 Å². The molecule has 0 aromatic heterocycles. The van der Waals surface area contributed by atoms with Gasteiger partial charge in [-0.1, -0.05) is 66.0 Å². The summed E-state index contributed by atoms with van der Waals surface area (Å²) in [5.41, 5.74) is 3.55. The second-order valence-corrected chi connectivity index (χ2v) is 10.6. The summed E-state index contributed by atoms with van der Waals surface area (Å²) in [7, 11) is -3.63. The van der Waals surface area contributed by atoms with Crippen molar-refractivity contribution in [1.82, 2.24) is 5.32 Å². The van der Waals surface area contributed by atoms with Gasteiger partial charge in [0.25, 0.3) is 5.91 Å². The van der Waals surface area contributed by atoms with E-state index in [-0.39, 0.29) is 18.5 Å². The van der Waals surface area contributed by atoms with Gasteiger partial charge in [-0.25, -0.2) is 8.42 Å². The van der Waals surface area contributed by atoms with Gasteiger partial charge in [-0.3, -0.25) is 9.10 Å². The standard InChI is InChI=1S/C25H26Cl2N2O3S/c1-4-24(18-10-8-17(2)9-11-18)28-25(30)19-12-14-20(15-13-19)29(33(3,31)32)16-21-22(26)6-5-7-23(21)27/h5-15,24H,4,16H2,1-3H3,(H,28,30). The lowest BCUT2D eigenvalue weighted by Crippen LogP contribution is -2.30. The molecule has 0 radical (unpaired) electrons. The van der Waals surface area contributed by atoms with Gasteiger partial charge in [-0.05, 0) is 55.3 Å². The van der Waals surface area contributed by atoms with E-state index in [0.717, 1.165) is 23.8 Å². The fourth-order valence-corrected chi connectivity index (χ4v) is 4.85. The molecular formula is C25H26Cl2N2O3S. The van der Waals surface area contributed by atoms with Gasteiger partial charge in [0.15, 0.2) is 0 Å². The van der Waals surface area contributed by atoms with Gasteiger partial charge in [0, 0.05) is 21.2 Å². The smallest absolute Gasteiger partial charge is 0.251 e. The molecule has 3 aromatic carbocycles. The molecule has 1 atom stereocenters. The summed E-state index contributed by atoms with van der Waals surface area (Å²) >= 11 is 12.5. The van der Waals surface area contributed by atoms with Crippen LogP contribution in [0.2, 0.25) is 10.0 Å². The van der Waals surface area contributed by atoms with Crippen molar-refractivity contribution in [2.45, 2.75) is 32.9 Å². The van der Waals surface area contributed by atoms with E-state index < -0.39 is 10.0 Å². The van der Waals surface area contributed by atoms with Crippen molar-refractivity contribution in [3.63, 3.8) is 0 Å². The molecule has 0 saturated heterocycles. The van der Waals surface area contributed by atoms with Crippen LogP contribution in [0.25, 0.3) is 0 Å². The van der Waals surface area contributed by atoms with Crippen LogP contribution in [0.15, 0.2) is 66.7 Å². The largest absolute Gasteiger partial charge is 0.345 e. The third-order valence-corrected chi connectivity index (χ3v) is 7.22. The molecule has 0 fully saturated rings. The molecule has 0 spiro atoms. The third kappa shape index (κ3) is 6.28. The van der Waals surface area contributed by atoms with E-state index in [1.54, 1.807) is 42.5 Å². The van der Waals surface area contributed by atoms with Gasteiger partial charge >= 0.3 is 0 Å². The zero-order valence-electron chi connectivity index (χ0n) is 18.7. The molecule has 3 aromatic rings. The van der Waals surface area contributed by atoms with E-state index in [0.29, 0.717) is 26.9 Å². The molecule has 5 nitrogen and oxygen atoms in total. The Hall–Kier alpha value is -2.54. The average molecular weight is 505 g/mol. The first kappa shape index (κ1) is 25.1. The van der Waals surface area contributed by atoms with Gasteiger partial charge in [0.1, 0.15) is 0 Å². The number of benzene rings is 3. The van der Waals surface area contributed by atoms with Crippen LogP contribution in [0.3, 0.4) is 0 Å². The van der Waals surface area contributed by atoms with Crippen molar-refractivity contribution >= 4 is 44.8 Å². The summed E-state index contributed by atoms with van der Waals surface area (Å²) in [6.07, 6.45) is 1.86. The minimum Gasteiger partial charge on any atom is -0.345 e. The molecule has 1 N–H and O–H groups in total. The minimum absolute atomic E-state index is 0.0196. The normalized spacial score (nSPS) is 12.3. The third-order valence-electron chi connectivity index (χ3n) is 5.37. The molecule has 174 valence electrons. The molecule has 0 heterocycles. The van der Waals surface area contributed by atoms with Crippen LogP contribution in [-0.4, -0.2) is 20.6 Å². The molecule has 1 amide bonds. The highest BCUT2D eigenvalue weighted by molar-refractivity contribution is 7.92. The number of nitrogens with zero attached hydrogens (tertiary/aromatic N) is 1. The van der Waals surface area contributed by atoms with Crippen LogP contribution in [0.5, 0.6) is 0 Å². The van der Waals surface area contributed by atoms with E-state index in [1.165, 1.54) is 4.31 Å². The highest BCUT2D eigenvalue weighted by Gasteiger charge is 2.21. The number of anilines is 1. The number of amides is 1. The van der Waals surface area contributed by atoms with Crippen molar-refractivity contribution in [3.8, 4) is 0 Å². The predicted molar refractivity (Wildman–Crippen MR) is 136 cm³/mol.